The van der Waals surface area contributed by atoms with Gasteiger partial charge < -0.3 is 15.4 Å². The lowest BCUT2D eigenvalue weighted by Gasteiger charge is -2.12. The second-order valence-electron chi connectivity index (χ2n) is 5.41. The molecule has 0 spiro atoms. The molecule has 3 rings (SSSR count). The molecule has 2 heterocycles. The molecule has 0 fully saturated rings. The molecule has 0 unspecified atom stereocenters. The van der Waals surface area contributed by atoms with E-state index in [1.165, 1.54) is 16.8 Å². The lowest BCUT2D eigenvalue weighted by molar-refractivity contribution is -0.122. The Morgan fingerprint density at radius 3 is 2.73 bits per heavy atom. The Labute approximate surface area is 156 Å². The number of carbonyl (C=O) groups is 2. The predicted molar refractivity (Wildman–Crippen MR) is 95.6 cm³/mol. The molecule has 26 heavy (non-hydrogen) atoms. The number of benzene rings is 1. The fourth-order valence-corrected chi connectivity index (χ4v) is 2.92. The molecular formula is C16H12Cl2N4O4. The van der Waals surface area contributed by atoms with Gasteiger partial charge in [0.1, 0.15) is 12.1 Å². The van der Waals surface area contributed by atoms with Crippen molar-refractivity contribution in [1.29, 1.82) is 0 Å². The smallest absolute Gasteiger partial charge is 0.341 e. The SMILES string of the molecule is O=C(Cn1cccn1)NCc1c(Cl)c(Cl)cc2cc(C(=O)O)c(=O)[nH]c12. The van der Waals surface area contributed by atoms with Crippen LogP contribution in [0.1, 0.15) is 15.9 Å². The maximum Gasteiger partial charge on any atom is 0.341 e. The third-order valence-electron chi connectivity index (χ3n) is 3.69. The van der Waals surface area contributed by atoms with E-state index in [0.29, 0.717) is 16.5 Å². The number of hydrogen-bond acceptors (Lipinski definition) is 4. The van der Waals surface area contributed by atoms with Crippen molar-refractivity contribution < 1.29 is 14.7 Å². The summed E-state index contributed by atoms with van der Waals surface area (Å²) >= 11 is 12.3. The van der Waals surface area contributed by atoms with Crippen LogP contribution in [0, 0.1) is 0 Å². The van der Waals surface area contributed by atoms with Crippen LogP contribution in [0.25, 0.3) is 10.9 Å². The summed E-state index contributed by atoms with van der Waals surface area (Å²) in [5, 5.41) is 16.4. The summed E-state index contributed by atoms with van der Waals surface area (Å²) in [6.07, 6.45) is 3.20. The minimum Gasteiger partial charge on any atom is -0.477 e. The maximum absolute atomic E-state index is 12.0. The molecule has 0 aliphatic rings. The van der Waals surface area contributed by atoms with E-state index in [0.717, 1.165) is 0 Å². The number of nitrogens with zero attached hydrogens (tertiary/aromatic N) is 2. The Kier molecular flexibility index (Phi) is 4.97. The molecule has 1 amide bonds. The standard InChI is InChI=1S/C16H12Cl2N4O4/c17-11-5-8-4-9(16(25)26)15(24)21-14(8)10(13(11)18)6-19-12(23)7-22-3-1-2-20-22/h1-5H,6-7H2,(H,19,23)(H,21,24)(H,25,26). The van der Waals surface area contributed by atoms with Crippen LogP contribution in [0.4, 0.5) is 0 Å². The Bertz CT molecular complexity index is 1060. The number of nitrogens with one attached hydrogen (secondary N) is 2. The molecule has 0 saturated heterocycles. The van der Waals surface area contributed by atoms with Gasteiger partial charge in [0.05, 0.1) is 15.6 Å². The number of hydrogen-bond donors (Lipinski definition) is 3. The number of amides is 1. The van der Waals surface area contributed by atoms with E-state index in [1.807, 2.05) is 0 Å². The van der Waals surface area contributed by atoms with Gasteiger partial charge in [0, 0.05) is 29.9 Å². The lowest BCUT2D eigenvalue weighted by Crippen LogP contribution is -2.28. The van der Waals surface area contributed by atoms with Gasteiger partial charge in [0.2, 0.25) is 5.91 Å². The topological polar surface area (TPSA) is 117 Å². The van der Waals surface area contributed by atoms with Gasteiger partial charge in [-0.05, 0) is 18.2 Å². The number of H-pyrrole nitrogens is 1. The molecule has 10 heteroatoms. The first-order chi connectivity index (χ1) is 12.4. The minimum atomic E-state index is -1.35. The molecule has 3 N–H and O–H groups in total. The first-order valence-electron chi connectivity index (χ1n) is 7.38. The second kappa shape index (κ2) is 7.19. The van der Waals surface area contributed by atoms with Crippen LogP contribution in [-0.4, -0.2) is 31.7 Å². The van der Waals surface area contributed by atoms with Gasteiger partial charge in [0.15, 0.2) is 0 Å². The Morgan fingerprint density at radius 2 is 2.08 bits per heavy atom. The van der Waals surface area contributed by atoms with Crippen molar-refractivity contribution in [3.8, 4) is 0 Å². The predicted octanol–water partition coefficient (Wildman–Crippen LogP) is 2.05. The van der Waals surface area contributed by atoms with E-state index in [4.69, 9.17) is 28.3 Å². The average Bonchev–Trinajstić information content (AvgIpc) is 3.08. The normalized spacial score (nSPS) is 10.8. The van der Waals surface area contributed by atoms with Gasteiger partial charge >= 0.3 is 5.97 Å². The zero-order chi connectivity index (χ0) is 18.8. The number of rotatable bonds is 5. The van der Waals surface area contributed by atoms with Crippen molar-refractivity contribution >= 4 is 46.0 Å². The number of aromatic amines is 1. The highest BCUT2D eigenvalue weighted by Crippen LogP contribution is 2.32. The number of aromatic carboxylic acids is 1. The molecular weight excluding hydrogens is 383 g/mol. The van der Waals surface area contributed by atoms with Crippen LogP contribution in [0.2, 0.25) is 10.0 Å². The van der Waals surface area contributed by atoms with E-state index in [9.17, 15) is 14.4 Å². The first-order valence-corrected chi connectivity index (χ1v) is 8.13. The van der Waals surface area contributed by atoms with E-state index < -0.39 is 17.1 Å². The number of fused-ring (bicyclic) bond motifs is 1. The molecule has 2 aromatic heterocycles. The van der Waals surface area contributed by atoms with Gasteiger partial charge in [-0.3, -0.25) is 14.3 Å². The molecule has 0 radical (unpaired) electrons. The summed E-state index contributed by atoms with van der Waals surface area (Å²) < 4.78 is 1.45. The van der Waals surface area contributed by atoms with Gasteiger partial charge in [0.25, 0.3) is 5.56 Å². The molecule has 0 aliphatic heterocycles. The highest BCUT2D eigenvalue weighted by molar-refractivity contribution is 6.43. The minimum absolute atomic E-state index is 0.00163. The van der Waals surface area contributed by atoms with Crippen molar-refractivity contribution in [3.05, 3.63) is 62.1 Å². The molecule has 0 bridgehead atoms. The number of halogens is 2. The fraction of sp³-hybridized carbons (Fsp3) is 0.125. The zero-order valence-corrected chi connectivity index (χ0v) is 14.6. The monoisotopic (exact) mass is 394 g/mol. The first kappa shape index (κ1) is 18.0. The maximum atomic E-state index is 12.0. The van der Waals surface area contributed by atoms with Crippen LogP contribution >= 0.6 is 23.2 Å². The highest BCUT2D eigenvalue weighted by atomic mass is 35.5. The van der Waals surface area contributed by atoms with Gasteiger partial charge in [-0.15, -0.1) is 0 Å². The molecule has 1 aromatic carbocycles. The Morgan fingerprint density at radius 1 is 1.31 bits per heavy atom. The summed E-state index contributed by atoms with van der Waals surface area (Å²) in [4.78, 5) is 37.6. The van der Waals surface area contributed by atoms with E-state index >= 15 is 0 Å². The third kappa shape index (κ3) is 3.56. The van der Waals surface area contributed by atoms with Crippen LogP contribution in [0.15, 0.2) is 35.4 Å². The molecule has 134 valence electrons. The summed E-state index contributed by atoms with van der Waals surface area (Å²) in [7, 11) is 0. The largest absolute Gasteiger partial charge is 0.477 e. The Balaban J connectivity index is 1.95. The number of carboxylic acids is 1. The van der Waals surface area contributed by atoms with Crippen LogP contribution < -0.4 is 10.9 Å². The average molecular weight is 395 g/mol. The quantitative estimate of drug-likeness (QED) is 0.611. The zero-order valence-electron chi connectivity index (χ0n) is 13.1. The molecule has 3 aromatic rings. The summed E-state index contributed by atoms with van der Waals surface area (Å²) in [5.41, 5.74) is -0.483. The second-order valence-corrected chi connectivity index (χ2v) is 6.20. The van der Waals surface area contributed by atoms with Crippen molar-refractivity contribution in [1.82, 2.24) is 20.1 Å². The third-order valence-corrected chi connectivity index (χ3v) is 4.51. The molecule has 0 saturated carbocycles. The summed E-state index contributed by atoms with van der Waals surface area (Å²) in [6.45, 7) is 0.0150. The summed E-state index contributed by atoms with van der Waals surface area (Å²) in [5.74, 6) is -1.67. The summed E-state index contributed by atoms with van der Waals surface area (Å²) in [6, 6.07) is 4.36. The van der Waals surface area contributed by atoms with Crippen molar-refractivity contribution in [3.63, 3.8) is 0 Å². The van der Waals surface area contributed by atoms with Crippen LogP contribution in [0.3, 0.4) is 0 Å². The van der Waals surface area contributed by atoms with Gasteiger partial charge in [-0.2, -0.15) is 5.10 Å². The molecule has 0 atom stereocenters. The van der Waals surface area contributed by atoms with E-state index in [2.05, 4.69) is 15.4 Å². The van der Waals surface area contributed by atoms with Crippen LogP contribution in [-0.2, 0) is 17.9 Å². The highest BCUT2D eigenvalue weighted by Gasteiger charge is 2.17. The van der Waals surface area contributed by atoms with Crippen LogP contribution in [0.5, 0.6) is 0 Å². The Hall–Kier alpha value is -2.84. The number of carboxylic acid groups (broad SMARTS) is 1. The van der Waals surface area contributed by atoms with Crippen molar-refractivity contribution in [2.45, 2.75) is 13.1 Å². The van der Waals surface area contributed by atoms with Gasteiger partial charge in [-0.25, -0.2) is 4.79 Å². The molecule has 0 aliphatic carbocycles. The van der Waals surface area contributed by atoms with Gasteiger partial charge in [-0.1, -0.05) is 23.2 Å². The van der Waals surface area contributed by atoms with E-state index in [-0.39, 0.29) is 29.0 Å². The lowest BCUT2D eigenvalue weighted by atomic mass is 10.1. The number of aromatic nitrogens is 3. The number of pyridine rings is 1. The van der Waals surface area contributed by atoms with Crippen molar-refractivity contribution in [2.75, 3.05) is 0 Å². The van der Waals surface area contributed by atoms with E-state index in [1.54, 1.807) is 18.5 Å². The fourth-order valence-electron chi connectivity index (χ4n) is 2.47. The number of carbonyl (C=O) groups excluding carboxylic acids is 1. The van der Waals surface area contributed by atoms with Crippen molar-refractivity contribution in [2.24, 2.45) is 0 Å². The molecule has 8 nitrogen and oxygen atoms in total.